The van der Waals surface area contributed by atoms with Crippen molar-refractivity contribution in [2.45, 2.75) is 64.7 Å². The predicted molar refractivity (Wildman–Crippen MR) is 98.7 cm³/mol. The quantitative estimate of drug-likeness (QED) is 0.604. The van der Waals surface area contributed by atoms with Crippen LogP contribution in [0.5, 0.6) is 5.75 Å². The van der Waals surface area contributed by atoms with Crippen molar-refractivity contribution in [3.05, 3.63) is 35.9 Å². The number of hydrogen-bond donors (Lipinski definition) is 0. The molecule has 2 aliphatic carbocycles. The van der Waals surface area contributed by atoms with E-state index >= 15 is 0 Å². The van der Waals surface area contributed by atoms with Gasteiger partial charge in [-0.2, -0.15) is 0 Å². The lowest BCUT2D eigenvalue weighted by Gasteiger charge is -2.35. The van der Waals surface area contributed by atoms with Gasteiger partial charge >= 0.3 is 0 Å². The second kappa shape index (κ2) is 8.04. The lowest BCUT2D eigenvalue weighted by Crippen LogP contribution is -2.23. The van der Waals surface area contributed by atoms with Gasteiger partial charge in [-0.15, -0.1) is 0 Å². The van der Waals surface area contributed by atoms with Crippen molar-refractivity contribution in [3.8, 4) is 5.75 Å². The smallest absolute Gasteiger partial charge is 0.118 e. The van der Waals surface area contributed by atoms with Crippen LogP contribution in [0.3, 0.4) is 0 Å². The zero-order chi connectivity index (χ0) is 16.1. The number of rotatable bonds is 5. The fourth-order valence-electron chi connectivity index (χ4n) is 4.71. The SMILES string of the molecule is CCC[C@H]1CC[C@H](C2CC=C(c3ccc(OC)cc3)CC2)CC1. The summed E-state index contributed by atoms with van der Waals surface area (Å²) < 4.78 is 5.26. The molecule has 1 aromatic carbocycles. The Labute approximate surface area is 142 Å². The summed E-state index contributed by atoms with van der Waals surface area (Å²) in [5, 5.41) is 0. The molecule has 1 atom stereocenters. The summed E-state index contributed by atoms with van der Waals surface area (Å²) in [7, 11) is 1.73. The summed E-state index contributed by atoms with van der Waals surface area (Å²) in [4.78, 5) is 0. The van der Waals surface area contributed by atoms with E-state index in [1.54, 1.807) is 12.7 Å². The highest BCUT2D eigenvalue weighted by Gasteiger charge is 2.28. The van der Waals surface area contributed by atoms with Crippen LogP contribution in [0.1, 0.15) is 70.3 Å². The Balaban J connectivity index is 1.54. The van der Waals surface area contributed by atoms with E-state index in [0.29, 0.717) is 0 Å². The van der Waals surface area contributed by atoms with Crippen LogP contribution in [0.25, 0.3) is 5.57 Å². The van der Waals surface area contributed by atoms with E-state index in [9.17, 15) is 0 Å². The summed E-state index contributed by atoms with van der Waals surface area (Å²) in [6.45, 7) is 2.33. The standard InChI is InChI=1S/C22H32O/c1-3-4-17-5-7-18(8-6-17)19-9-11-20(12-10-19)21-13-15-22(23-2)16-14-21/h11,13-19H,3-10,12H2,1-2H3/t17-,18-,19?. The first-order chi connectivity index (χ1) is 11.3. The van der Waals surface area contributed by atoms with Gasteiger partial charge in [-0.3, -0.25) is 0 Å². The van der Waals surface area contributed by atoms with Gasteiger partial charge in [-0.1, -0.05) is 50.8 Å². The van der Waals surface area contributed by atoms with Crippen molar-refractivity contribution >= 4 is 5.57 Å². The molecule has 0 radical (unpaired) electrons. The highest BCUT2D eigenvalue weighted by molar-refractivity contribution is 5.66. The van der Waals surface area contributed by atoms with Gasteiger partial charge in [0.25, 0.3) is 0 Å². The Morgan fingerprint density at radius 2 is 1.70 bits per heavy atom. The zero-order valence-electron chi connectivity index (χ0n) is 14.9. The minimum Gasteiger partial charge on any atom is -0.497 e. The molecule has 0 aromatic heterocycles. The number of benzene rings is 1. The van der Waals surface area contributed by atoms with Crippen LogP contribution in [-0.2, 0) is 0 Å². The summed E-state index contributed by atoms with van der Waals surface area (Å²) in [6.07, 6.45) is 15.2. The maximum absolute atomic E-state index is 5.26. The highest BCUT2D eigenvalue weighted by Crippen LogP contribution is 2.42. The number of allylic oxidation sites excluding steroid dienone is 2. The van der Waals surface area contributed by atoms with Crippen LogP contribution in [-0.4, -0.2) is 7.11 Å². The molecular weight excluding hydrogens is 280 g/mol. The first-order valence-electron chi connectivity index (χ1n) is 9.63. The minimum absolute atomic E-state index is 0.944. The average Bonchev–Trinajstić information content (AvgIpc) is 2.63. The zero-order valence-corrected chi connectivity index (χ0v) is 14.9. The van der Waals surface area contributed by atoms with Gasteiger partial charge in [0.15, 0.2) is 0 Å². The van der Waals surface area contributed by atoms with Gasteiger partial charge in [0.05, 0.1) is 7.11 Å². The van der Waals surface area contributed by atoms with Gasteiger partial charge in [-0.25, -0.2) is 0 Å². The topological polar surface area (TPSA) is 9.23 Å². The van der Waals surface area contributed by atoms with E-state index in [0.717, 1.165) is 23.5 Å². The van der Waals surface area contributed by atoms with Crippen molar-refractivity contribution in [1.82, 2.24) is 0 Å². The Morgan fingerprint density at radius 1 is 0.957 bits per heavy atom. The van der Waals surface area contributed by atoms with Crippen molar-refractivity contribution in [3.63, 3.8) is 0 Å². The van der Waals surface area contributed by atoms with Gasteiger partial charge in [0, 0.05) is 0 Å². The van der Waals surface area contributed by atoms with Crippen LogP contribution in [0.4, 0.5) is 0 Å². The molecule has 0 N–H and O–H groups in total. The fraction of sp³-hybridized carbons (Fsp3) is 0.636. The van der Waals surface area contributed by atoms with Crippen LogP contribution < -0.4 is 4.74 Å². The third-order valence-corrected chi connectivity index (χ3v) is 6.17. The molecule has 3 rings (SSSR count). The molecule has 23 heavy (non-hydrogen) atoms. The Bertz CT molecular complexity index is 505. The molecular formula is C22H32O. The lowest BCUT2D eigenvalue weighted by molar-refractivity contribution is 0.189. The second-order valence-corrected chi connectivity index (χ2v) is 7.56. The average molecular weight is 312 g/mol. The van der Waals surface area contributed by atoms with Crippen molar-refractivity contribution in [2.24, 2.45) is 17.8 Å². The largest absolute Gasteiger partial charge is 0.497 e. The third kappa shape index (κ3) is 4.19. The van der Waals surface area contributed by atoms with Crippen molar-refractivity contribution < 1.29 is 4.74 Å². The van der Waals surface area contributed by atoms with Gasteiger partial charge < -0.3 is 4.74 Å². The molecule has 0 spiro atoms. The molecule has 0 heterocycles. The summed E-state index contributed by atoms with van der Waals surface area (Å²) in [5.41, 5.74) is 2.93. The first kappa shape index (κ1) is 16.6. The van der Waals surface area contributed by atoms with E-state index in [2.05, 4.69) is 37.3 Å². The van der Waals surface area contributed by atoms with Gasteiger partial charge in [0.2, 0.25) is 0 Å². The number of ether oxygens (including phenoxy) is 1. The summed E-state index contributed by atoms with van der Waals surface area (Å²) >= 11 is 0. The molecule has 1 unspecified atom stereocenters. The van der Waals surface area contributed by atoms with Crippen molar-refractivity contribution in [1.29, 1.82) is 0 Å². The van der Waals surface area contributed by atoms with E-state index in [-0.39, 0.29) is 0 Å². The molecule has 1 saturated carbocycles. The number of methoxy groups -OCH3 is 1. The second-order valence-electron chi connectivity index (χ2n) is 7.56. The summed E-state index contributed by atoms with van der Waals surface area (Å²) in [6, 6.07) is 8.58. The van der Waals surface area contributed by atoms with Gasteiger partial charge in [0.1, 0.15) is 5.75 Å². The molecule has 1 aromatic rings. The molecule has 1 nitrogen and oxygen atoms in total. The molecule has 0 saturated heterocycles. The molecule has 126 valence electrons. The lowest BCUT2D eigenvalue weighted by atomic mass is 9.70. The first-order valence-corrected chi connectivity index (χ1v) is 9.63. The predicted octanol–water partition coefficient (Wildman–Crippen LogP) is 6.49. The molecule has 1 heteroatoms. The molecule has 1 fully saturated rings. The molecule has 2 aliphatic rings. The maximum Gasteiger partial charge on any atom is 0.118 e. The normalized spacial score (nSPS) is 28.3. The van der Waals surface area contributed by atoms with Crippen molar-refractivity contribution in [2.75, 3.05) is 7.11 Å². The maximum atomic E-state index is 5.26. The molecule has 0 aliphatic heterocycles. The van der Waals surface area contributed by atoms with E-state index in [1.807, 2.05) is 0 Å². The highest BCUT2D eigenvalue weighted by atomic mass is 16.5. The number of hydrogen-bond acceptors (Lipinski definition) is 1. The molecule has 0 bridgehead atoms. The Kier molecular flexibility index (Phi) is 5.80. The minimum atomic E-state index is 0.944. The third-order valence-electron chi connectivity index (χ3n) is 6.17. The van der Waals surface area contributed by atoms with Crippen LogP contribution in [0.15, 0.2) is 30.3 Å². The van der Waals surface area contributed by atoms with E-state index in [1.165, 1.54) is 63.4 Å². The van der Waals surface area contributed by atoms with Crippen LogP contribution in [0, 0.1) is 17.8 Å². The van der Waals surface area contributed by atoms with E-state index in [4.69, 9.17) is 4.74 Å². The summed E-state index contributed by atoms with van der Waals surface area (Å²) in [5.74, 6) is 3.92. The van der Waals surface area contributed by atoms with Crippen LogP contribution >= 0.6 is 0 Å². The fourth-order valence-corrected chi connectivity index (χ4v) is 4.71. The Hall–Kier alpha value is -1.24. The monoisotopic (exact) mass is 312 g/mol. The van der Waals surface area contributed by atoms with Gasteiger partial charge in [-0.05, 0) is 73.1 Å². The van der Waals surface area contributed by atoms with E-state index < -0.39 is 0 Å². The Morgan fingerprint density at radius 3 is 2.26 bits per heavy atom. The molecule has 0 amide bonds. The van der Waals surface area contributed by atoms with Crippen LogP contribution in [0.2, 0.25) is 0 Å².